The lowest BCUT2D eigenvalue weighted by Crippen LogP contribution is -2.37. The summed E-state index contributed by atoms with van der Waals surface area (Å²) >= 11 is 0. The quantitative estimate of drug-likeness (QED) is 0.148. The number of primary amides is 1. The maximum Gasteiger partial charge on any atom is 0.359 e. The number of amides is 3. The summed E-state index contributed by atoms with van der Waals surface area (Å²) in [5, 5.41) is 30.3. The van der Waals surface area contributed by atoms with E-state index in [-0.39, 0.29) is 41.5 Å². The van der Waals surface area contributed by atoms with Gasteiger partial charge < -0.3 is 36.6 Å². The van der Waals surface area contributed by atoms with E-state index in [9.17, 15) is 38.2 Å². The van der Waals surface area contributed by atoms with Crippen molar-refractivity contribution in [3.63, 3.8) is 0 Å². The van der Waals surface area contributed by atoms with Crippen molar-refractivity contribution in [2.24, 2.45) is 5.73 Å². The summed E-state index contributed by atoms with van der Waals surface area (Å²) in [6.07, 6.45) is 3.37. The number of nitrogens with two attached hydrogens (primary N) is 1. The molecule has 0 unspecified atom stereocenters. The zero-order valence-corrected chi connectivity index (χ0v) is 32.3. The molecule has 2 aliphatic rings. The maximum atomic E-state index is 14.4. The van der Waals surface area contributed by atoms with Crippen molar-refractivity contribution in [1.29, 1.82) is 0 Å². The minimum Gasteiger partial charge on any atom is -0.464 e. The van der Waals surface area contributed by atoms with Crippen LogP contribution in [0.3, 0.4) is 0 Å². The molecular weight excluding hydrogens is 783 g/mol. The zero-order valence-electron chi connectivity index (χ0n) is 32.3. The van der Waals surface area contributed by atoms with Crippen LogP contribution >= 0.6 is 0 Å². The first-order valence-electron chi connectivity index (χ1n) is 17.8. The molecule has 6 heterocycles. The predicted molar refractivity (Wildman–Crippen MR) is 211 cm³/mol. The van der Waals surface area contributed by atoms with Crippen molar-refractivity contribution >= 4 is 45.8 Å². The average Bonchev–Trinajstić information content (AvgIpc) is 3.96. The Morgan fingerprint density at radius 1 is 0.750 bits per heavy atom. The number of benzene rings is 2. The van der Waals surface area contributed by atoms with Crippen LogP contribution in [0.2, 0.25) is 0 Å². The van der Waals surface area contributed by atoms with Crippen LogP contribution in [0.15, 0.2) is 73.1 Å². The number of aliphatic hydroxyl groups is 2. The number of ether oxygens (including phenoxy) is 1. The minimum absolute atomic E-state index is 0. The largest absolute Gasteiger partial charge is 0.464 e. The van der Waals surface area contributed by atoms with Crippen LogP contribution in [0.5, 0.6) is 0 Å². The number of nitrogens with zero attached hydrogens (tertiary/aromatic N) is 8. The van der Waals surface area contributed by atoms with Crippen LogP contribution < -0.4 is 11.9 Å². The molecule has 0 saturated carbocycles. The summed E-state index contributed by atoms with van der Waals surface area (Å²) in [6.45, 7) is 0.737. The van der Waals surface area contributed by atoms with E-state index in [1.807, 2.05) is 0 Å². The van der Waals surface area contributed by atoms with Crippen LogP contribution in [0.25, 0.3) is 33.4 Å². The predicted octanol–water partition coefficient (Wildman–Crippen LogP) is 2.06. The van der Waals surface area contributed by atoms with E-state index in [2.05, 4.69) is 43.8 Å². The lowest BCUT2D eigenvalue weighted by molar-refractivity contribution is -0.138. The monoisotopic (exact) mass is 818 g/mol. The van der Waals surface area contributed by atoms with E-state index in [0.29, 0.717) is 46.5 Å². The highest BCUT2D eigenvalue weighted by atomic mass is 19.1. The fraction of sp³-hybridized carbons (Fsp3) is 0.220. The number of pyridine rings is 2. The van der Waals surface area contributed by atoms with Gasteiger partial charge in [-0.15, -0.1) is 0 Å². The zero-order chi connectivity index (χ0) is 42.2. The first-order chi connectivity index (χ1) is 28.1. The van der Waals surface area contributed by atoms with Crippen molar-refractivity contribution in [3.8, 4) is 35.1 Å². The number of hydrogen-bond acceptors (Lipinski definition) is 12. The summed E-state index contributed by atoms with van der Waals surface area (Å²) in [6, 6.07) is 14.8. The fourth-order valence-electron chi connectivity index (χ4n) is 6.46. The molecule has 19 heteroatoms. The van der Waals surface area contributed by atoms with Gasteiger partial charge in [-0.05, 0) is 60.7 Å². The second-order valence-corrected chi connectivity index (χ2v) is 13.6. The van der Waals surface area contributed by atoms with Crippen molar-refractivity contribution in [1.82, 2.24) is 45.5 Å². The number of halogens is 2. The molecule has 306 valence electrons. The number of likely N-dealkylation sites (tertiary alicyclic amines) is 2. The van der Waals surface area contributed by atoms with Gasteiger partial charge in [-0.1, -0.05) is 23.7 Å². The van der Waals surface area contributed by atoms with E-state index in [1.165, 1.54) is 68.9 Å². The Labute approximate surface area is 339 Å². The normalized spacial score (nSPS) is 18.2. The standard InChI is InChI=1S/C21H17FN4O4.C20H16FN5O3.H3N/c1-25-11-9-21(29,20(25)28)8-7-13-12-14(5-6-16(13)22)26-18-15(4-3-10-23-18)17(24-26)19(27)30-2;1-25-10-8-20(29,19(25)28)7-6-12-11-13(4-5-15(12)21)26-18-14(3-2-9-23-18)16(24-26)17(22)27;/h3-6,10,12,29H,9,11H2,1-2H3;2-5,9,11,29H,8,10H2,1H3,(H2,22,27);1H3/t21-;20-;/m00./s1. The topological polar surface area (TPSA) is 247 Å². The molecular formula is C41H36F2N10O7. The Kier molecular flexibility index (Phi) is 11.5. The van der Waals surface area contributed by atoms with Gasteiger partial charge in [0.2, 0.25) is 11.2 Å². The molecule has 2 fully saturated rings. The van der Waals surface area contributed by atoms with Crippen molar-refractivity contribution in [2.75, 3.05) is 34.3 Å². The third-order valence-corrected chi connectivity index (χ3v) is 9.71. The van der Waals surface area contributed by atoms with Gasteiger partial charge in [0.05, 0.1) is 40.4 Å². The van der Waals surface area contributed by atoms with Gasteiger partial charge in [0, 0.05) is 52.4 Å². The molecule has 2 atom stereocenters. The minimum atomic E-state index is -1.84. The van der Waals surface area contributed by atoms with Crippen LogP contribution in [0.4, 0.5) is 8.78 Å². The van der Waals surface area contributed by atoms with Gasteiger partial charge in [0.25, 0.3) is 17.7 Å². The highest BCUT2D eigenvalue weighted by Crippen LogP contribution is 2.26. The summed E-state index contributed by atoms with van der Waals surface area (Å²) in [4.78, 5) is 59.1. The molecule has 6 aromatic rings. The maximum absolute atomic E-state index is 14.4. The Hall–Kier alpha value is -7.58. The van der Waals surface area contributed by atoms with Crippen LogP contribution in [-0.4, -0.2) is 119 Å². The summed E-state index contributed by atoms with van der Waals surface area (Å²) in [5.41, 5.74) is 3.34. The highest BCUT2D eigenvalue weighted by Gasteiger charge is 2.43. The van der Waals surface area contributed by atoms with Gasteiger partial charge in [-0.25, -0.2) is 32.9 Å². The number of aromatic nitrogens is 6. The molecule has 0 bridgehead atoms. The van der Waals surface area contributed by atoms with Gasteiger partial charge in [-0.3, -0.25) is 14.4 Å². The summed E-state index contributed by atoms with van der Waals surface area (Å²) in [5.74, 6) is 6.50. The number of esters is 1. The summed E-state index contributed by atoms with van der Waals surface area (Å²) in [7, 11) is 4.38. The lowest BCUT2D eigenvalue weighted by atomic mass is 10.0. The van der Waals surface area contributed by atoms with Gasteiger partial charge >= 0.3 is 5.97 Å². The van der Waals surface area contributed by atoms with E-state index in [1.54, 1.807) is 44.6 Å². The number of hydrogen-bond donors (Lipinski definition) is 4. The van der Waals surface area contributed by atoms with Crippen LogP contribution in [0.1, 0.15) is 44.9 Å². The Morgan fingerprint density at radius 2 is 1.18 bits per heavy atom. The molecule has 4 aromatic heterocycles. The molecule has 2 aromatic carbocycles. The Morgan fingerprint density at radius 3 is 1.58 bits per heavy atom. The highest BCUT2D eigenvalue weighted by molar-refractivity contribution is 6.03. The molecule has 0 spiro atoms. The fourth-order valence-corrected chi connectivity index (χ4v) is 6.46. The number of fused-ring (bicyclic) bond motifs is 2. The van der Waals surface area contributed by atoms with Crippen molar-refractivity contribution < 1.29 is 42.9 Å². The molecule has 0 radical (unpaired) electrons. The molecule has 8 rings (SSSR count). The van der Waals surface area contributed by atoms with Crippen LogP contribution in [0, 0.1) is 35.3 Å². The smallest absolute Gasteiger partial charge is 0.359 e. The lowest BCUT2D eigenvalue weighted by Gasteiger charge is -2.13. The van der Waals surface area contributed by atoms with Crippen molar-refractivity contribution in [2.45, 2.75) is 24.0 Å². The molecule has 2 saturated heterocycles. The average molecular weight is 819 g/mol. The number of carbonyl (C=O) groups is 4. The second kappa shape index (κ2) is 16.3. The number of rotatable bonds is 4. The van der Waals surface area contributed by atoms with Gasteiger partial charge in [0.1, 0.15) is 11.6 Å². The van der Waals surface area contributed by atoms with Crippen LogP contribution in [-0.2, 0) is 14.3 Å². The first kappa shape index (κ1) is 42.0. The van der Waals surface area contributed by atoms with Crippen molar-refractivity contribution in [3.05, 3.63) is 107 Å². The number of carbonyl (C=O) groups excluding carboxylic acids is 4. The third kappa shape index (κ3) is 7.71. The Balaban J connectivity index is 0.000000198. The second-order valence-electron chi connectivity index (χ2n) is 13.6. The molecule has 2 aliphatic heterocycles. The molecule has 17 nitrogen and oxygen atoms in total. The number of methoxy groups -OCH3 is 1. The first-order valence-corrected chi connectivity index (χ1v) is 17.8. The molecule has 7 N–H and O–H groups in total. The van der Waals surface area contributed by atoms with E-state index in [0.717, 1.165) is 0 Å². The summed E-state index contributed by atoms with van der Waals surface area (Å²) < 4.78 is 36.2. The molecule has 0 aliphatic carbocycles. The number of likely N-dealkylation sites (N-methyl/N-ethyl adjacent to an activating group) is 2. The SMILES string of the molecule is CN1CC[C@@](O)(C#Cc2cc(-n3nc(C(N)=O)c4cccnc43)ccc2F)C1=O.COC(=O)c1nn(-c2ccc(F)c(C#C[C@]3(O)CCN(C)C3=O)c2)c2ncccc12.N. The van der Waals surface area contributed by atoms with E-state index >= 15 is 0 Å². The van der Waals surface area contributed by atoms with E-state index in [4.69, 9.17) is 10.5 Å². The molecule has 60 heavy (non-hydrogen) atoms. The third-order valence-electron chi connectivity index (χ3n) is 9.71. The molecule has 3 amide bonds. The van der Waals surface area contributed by atoms with Gasteiger partial charge in [0.15, 0.2) is 22.7 Å². The van der Waals surface area contributed by atoms with Gasteiger partial charge in [-0.2, -0.15) is 10.2 Å². The Bertz CT molecular complexity index is 2860. The van der Waals surface area contributed by atoms with E-state index < -0.39 is 46.5 Å².